The molecule has 1 aromatic rings. The molecule has 0 saturated heterocycles. The molecule has 0 fully saturated rings. The number of nitrogens with one attached hydrogen (secondary N) is 2. The van der Waals surface area contributed by atoms with Crippen LogP contribution in [0.2, 0.25) is 0 Å². The van der Waals surface area contributed by atoms with Crippen molar-refractivity contribution in [3.8, 4) is 0 Å². The van der Waals surface area contributed by atoms with Gasteiger partial charge in [-0.1, -0.05) is 0 Å². The van der Waals surface area contributed by atoms with Crippen molar-refractivity contribution in [3.05, 3.63) is 24.0 Å². The SMILES string of the molecule is CCNc1ccnc(C(=O)NC(C)CN(C)C)c1. The highest BCUT2D eigenvalue weighted by molar-refractivity contribution is 5.93. The van der Waals surface area contributed by atoms with E-state index in [9.17, 15) is 4.79 Å². The summed E-state index contributed by atoms with van der Waals surface area (Å²) in [4.78, 5) is 18.1. The molecule has 2 N–H and O–H groups in total. The highest BCUT2D eigenvalue weighted by atomic mass is 16.1. The summed E-state index contributed by atoms with van der Waals surface area (Å²) in [5.74, 6) is -0.135. The van der Waals surface area contributed by atoms with Crippen molar-refractivity contribution in [1.29, 1.82) is 0 Å². The van der Waals surface area contributed by atoms with Crippen molar-refractivity contribution >= 4 is 11.6 Å². The van der Waals surface area contributed by atoms with Crippen LogP contribution in [0.3, 0.4) is 0 Å². The van der Waals surface area contributed by atoms with Crippen molar-refractivity contribution in [2.45, 2.75) is 19.9 Å². The molecule has 1 heterocycles. The van der Waals surface area contributed by atoms with Gasteiger partial charge in [-0.15, -0.1) is 0 Å². The van der Waals surface area contributed by atoms with Crippen LogP contribution in [-0.4, -0.2) is 49.0 Å². The number of anilines is 1. The number of amides is 1. The van der Waals surface area contributed by atoms with Crippen molar-refractivity contribution in [3.63, 3.8) is 0 Å². The van der Waals surface area contributed by atoms with Crippen LogP contribution in [-0.2, 0) is 0 Å². The molecule has 0 saturated carbocycles. The lowest BCUT2D eigenvalue weighted by Gasteiger charge is -2.18. The Morgan fingerprint density at radius 3 is 2.83 bits per heavy atom. The Hall–Kier alpha value is -1.62. The van der Waals surface area contributed by atoms with Crippen LogP contribution in [0.15, 0.2) is 18.3 Å². The van der Waals surface area contributed by atoms with Crippen molar-refractivity contribution in [1.82, 2.24) is 15.2 Å². The molecule has 0 aliphatic heterocycles. The van der Waals surface area contributed by atoms with Gasteiger partial charge in [0.15, 0.2) is 0 Å². The third kappa shape index (κ3) is 4.71. The third-order valence-electron chi connectivity index (χ3n) is 2.39. The van der Waals surface area contributed by atoms with E-state index in [-0.39, 0.29) is 11.9 Å². The molecule has 0 spiro atoms. The fourth-order valence-electron chi connectivity index (χ4n) is 1.76. The number of hydrogen-bond acceptors (Lipinski definition) is 4. The largest absolute Gasteiger partial charge is 0.385 e. The Morgan fingerprint density at radius 1 is 1.50 bits per heavy atom. The molecule has 18 heavy (non-hydrogen) atoms. The Balaban J connectivity index is 2.63. The van der Waals surface area contributed by atoms with E-state index in [0.29, 0.717) is 5.69 Å². The number of rotatable bonds is 6. The van der Waals surface area contributed by atoms with E-state index in [2.05, 4.69) is 15.6 Å². The Kier molecular flexibility index (Phi) is 5.58. The molecule has 1 atom stereocenters. The maximum atomic E-state index is 12.0. The molecule has 0 radical (unpaired) electrons. The Labute approximate surface area is 109 Å². The molecule has 1 unspecified atom stereocenters. The summed E-state index contributed by atoms with van der Waals surface area (Å²) in [6.07, 6.45) is 1.64. The van der Waals surface area contributed by atoms with Gasteiger partial charge in [-0.3, -0.25) is 9.78 Å². The smallest absolute Gasteiger partial charge is 0.270 e. The zero-order valence-corrected chi connectivity index (χ0v) is 11.5. The molecule has 100 valence electrons. The first-order valence-corrected chi connectivity index (χ1v) is 6.18. The highest BCUT2D eigenvalue weighted by Crippen LogP contribution is 2.07. The van der Waals surface area contributed by atoms with E-state index in [4.69, 9.17) is 0 Å². The zero-order chi connectivity index (χ0) is 13.5. The summed E-state index contributed by atoms with van der Waals surface area (Å²) in [6.45, 7) is 5.62. The fourth-order valence-corrected chi connectivity index (χ4v) is 1.76. The summed E-state index contributed by atoms with van der Waals surface area (Å²) in [7, 11) is 3.96. The number of likely N-dealkylation sites (N-methyl/N-ethyl adjacent to an activating group) is 1. The van der Waals surface area contributed by atoms with Gasteiger partial charge in [0, 0.05) is 31.0 Å². The van der Waals surface area contributed by atoms with Crippen LogP contribution in [0, 0.1) is 0 Å². The summed E-state index contributed by atoms with van der Waals surface area (Å²) in [6, 6.07) is 3.71. The van der Waals surface area contributed by atoms with Crippen LogP contribution in [0.1, 0.15) is 24.3 Å². The predicted molar refractivity (Wildman–Crippen MR) is 73.9 cm³/mol. The van der Waals surface area contributed by atoms with Gasteiger partial charge in [-0.25, -0.2) is 0 Å². The van der Waals surface area contributed by atoms with Gasteiger partial charge >= 0.3 is 0 Å². The maximum absolute atomic E-state index is 12.0. The lowest BCUT2D eigenvalue weighted by atomic mass is 10.2. The molecular formula is C13H22N4O. The second-order valence-electron chi connectivity index (χ2n) is 4.60. The van der Waals surface area contributed by atoms with E-state index in [0.717, 1.165) is 18.8 Å². The van der Waals surface area contributed by atoms with E-state index in [1.165, 1.54) is 0 Å². The van der Waals surface area contributed by atoms with Crippen LogP contribution < -0.4 is 10.6 Å². The normalized spacial score (nSPS) is 12.3. The zero-order valence-electron chi connectivity index (χ0n) is 11.5. The fraction of sp³-hybridized carbons (Fsp3) is 0.538. The van der Waals surface area contributed by atoms with Crippen molar-refractivity contribution in [2.24, 2.45) is 0 Å². The van der Waals surface area contributed by atoms with Gasteiger partial charge in [0.2, 0.25) is 0 Å². The molecule has 1 amide bonds. The number of carbonyl (C=O) groups excluding carboxylic acids is 1. The van der Waals surface area contributed by atoms with Crippen molar-refractivity contribution in [2.75, 3.05) is 32.5 Å². The van der Waals surface area contributed by atoms with Gasteiger partial charge in [0.25, 0.3) is 5.91 Å². The van der Waals surface area contributed by atoms with Crippen LogP contribution in [0.5, 0.6) is 0 Å². The van der Waals surface area contributed by atoms with E-state index >= 15 is 0 Å². The average Bonchev–Trinajstić information content (AvgIpc) is 2.28. The molecule has 0 aromatic carbocycles. The van der Waals surface area contributed by atoms with Gasteiger partial charge in [0.1, 0.15) is 5.69 Å². The molecule has 0 bridgehead atoms. The topological polar surface area (TPSA) is 57.3 Å². The van der Waals surface area contributed by atoms with Crippen molar-refractivity contribution < 1.29 is 4.79 Å². The quantitative estimate of drug-likeness (QED) is 0.796. The first-order chi connectivity index (χ1) is 8.52. The van der Waals surface area contributed by atoms with E-state index in [1.807, 2.05) is 38.9 Å². The van der Waals surface area contributed by atoms with Gasteiger partial charge in [-0.05, 0) is 40.1 Å². The Morgan fingerprint density at radius 2 is 2.22 bits per heavy atom. The number of aromatic nitrogens is 1. The highest BCUT2D eigenvalue weighted by Gasteiger charge is 2.11. The number of pyridine rings is 1. The molecule has 0 aliphatic carbocycles. The molecule has 1 aromatic heterocycles. The lowest BCUT2D eigenvalue weighted by Crippen LogP contribution is -2.39. The second kappa shape index (κ2) is 6.96. The van der Waals surface area contributed by atoms with Gasteiger partial charge < -0.3 is 15.5 Å². The Bertz CT molecular complexity index is 392. The second-order valence-corrected chi connectivity index (χ2v) is 4.60. The first-order valence-electron chi connectivity index (χ1n) is 6.18. The first kappa shape index (κ1) is 14.4. The molecule has 1 rings (SSSR count). The summed E-state index contributed by atoms with van der Waals surface area (Å²) < 4.78 is 0. The predicted octanol–water partition coefficient (Wildman–Crippen LogP) is 1.19. The summed E-state index contributed by atoms with van der Waals surface area (Å²) >= 11 is 0. The van der Waals surface area contributed by atoms with Crippen LogP contribution >= 0.6 is 0 Å². The standard InChI is InChI=1S/C13H22N4O/c1-5-14-11-6-7-15-12(8-11)13(18)16-10(2)9-17(3)4/h6-8,10H,5,9H2,1-4H3,(H,14,15)(H,16,18). The molecule has 5 nitrogen and oxygen atoms in total. The minimum absolute atomic E-state index is 0.0945. The molecule has 5 heteroatoms. The van der Waals surface area contributed by atoms with Crippen LogP contribution in [0.25, 0.3) is 0 Å². The van der Waals surface area contributed by atoms with Crippen LogP contribution in [0.4, 0.5) is 5.69 Å². The summed E-state index contributed by atoms with van der Waals surface area (Å²) in [5.41, 5.74) is 1.36. The average molecular weight is 250 g/mol. The number of hydrogen-bond donors (Lipinski definition) is 2. The minimum Gasteiger partial charge on any atom is -0.385 e. The van der Waals surface area contributed by atoms with Gasteiger partial charge in [0.05, 0.1) is 0 Å². The van der Waals surface area contributed by atoms with E-state index in [1.54, 1.807) is 12.3 Å². The molecular weight excluding hydrogens is 228 g/mol. The molecule has 0 aliphatic rings. The monoisotopic (exact) mass is 250 g/mol. The number of carbonyl (C=O) groups is 1. The number of nitrogens with zero attached hydrogens (tertiary/aromatic N) is 2. The summed E-state index contributed by atoms with van der Waals surface area (Å²) in [5, 5.41) is 6.09. The minimum atomic E-state index is -0.135. The lowest BCUT2D eigenvalue weighted by molar-refractivity contribution is 0.0929. The van der Waals surface area contributed by atoms with Gasteiger partial charge in [-0.2, -0.15) is 0 Å². The van der Waals surface area contributed by atoms with E-state index < -0.39 is 0 Å². The third-order valence-corrected chi connectivity index (χ3v) is 2.39. The maximum Gasteiger partial charge on any atom is 0.270 e.